The Morgan fingerprint density at radius 3 is 2.66 bits per heavy atom. The summed E-state index contributed by atoms with van der Waals surface area (Å²) in [7, 11) is 1.74. The van der Waals surface area contributed by atoms with E-state index in [9.17, 15) is 0 Å². The van der Waals surface area contributed by atoms with E-state index >= 15 is 0 Å². The average Bonchev–Trinajstić information content (AvgIpc) is 3.40. The van der Waals surface area contributed by atoms with Crippen molar-refractivity contribution in [3.8, 4) is 0 Å². The summed E-state index contributed by atoms with van der Waals surface area (Å²) in [6.07, 6.45) is 4.34. The quantitative estimate of drug-likeness (QED) is 0.434. The van der Waals surface area contributed by atoms with Crippen molar-refractivity contribution in [3.05, 3.63) is 65.0 Å². The van der Waals surface area contributed by atoms with E-state index in [0.717, 1.165) is 11.4 Å². The van der Waals surface area contributed by atoms with Crippen LogP contribution in [0, 0.1) is 0 Å². The third kappa shape index (κ3) is 5.80. The molecule has 3 rings (SSSR count). The predicted molar refractivity (Wildman–Crippen MR) is 113 cm³/mol. The fraction of sp³-hybridized carbons (Fsp3) is 0.400. The van der Waals surface area contributed by atoms with E-state index in [1.807, 2.05) is 55.1 Å². The minimum Gasteiger partial charge on any atom is -0.356 e. The summed E-state index contributed by atoms with van der Waals surface area (Å²) in [4.78, 5) is 8.68. The van der Waals surface area contributed by atoms with Crippen LogP contribution < -0.4 is 10.6 Å². The van der Waals surface area contributed by atoms with Crippen molar-refractivity contribution in [3.63, 3.8) is 0 Å². The normalized spacial score (nSPS) is 12.9. The molecule has 3 aromatic rings. The molecule has 0 bridgehead atoms. The molecule has 1 aromatic carbocycles. The molecule has 0 radical (unpaired) electrons. The zero-order valence-corrected chi connectivity index (χ0v) is 17.6. The van der Waals surface area contributed by atoms with E-state index in [1.54, 1.807) is 13.2 Å². The van der Waals surface area contributed by atoms with Gasteiger partial charge in [0.2, 0.25) is 5.89 Å². The highest BCUT2D eigenvalue weighted by molar-refractivity contribution is 6.30. The molecule has 0 saturated carbocycles. The molecule has 1 unspecified atom stereocenters. The van der Waals surface area contributed by atoms with Gasteiger partial charge in [0.15, 0.2) is 11.8 Å². The lowest BCUT2D eigenvalue weighted by Crippen LogP contribution is -2.41. The molecule has 0 aliphatic heterocycles. The maximum absolute atomic E-state index is 6.03. The van der Waals surface area contributed by atoms with Crippen LogP contribution in [0.15, 0.2) is 52.2 Å². The van der Waals surface area contributed by atoms with E-state index in [-0.39, 0.29) is 12.0 Å². The Morgan fingerprint density at radius 2 is 2.03 bits per heavy atom. The predicted octanol–water partition coefficient (Wildman–Crippen LogP) is 3.04. The average molecular weight is 416 g/mol. The smallest absolute Gasteiger partial charge is 0.228 e. The fourth-order valence-electron chi connectivity index (χ4n) is 2.82. The third-order valence-electron chi connectivity index (χ3n) is 4.42. The van der Waals surface area contributed by atoms with Crippen LogP contribution in [0.5, 0.6) is 0 Å². The van der Waals surface area contributed by atoms with E-state index in [1.165, 1.54) is 0 Å². The molecule has 29 heavy (non-hydrogen) atoms. The molecule has 0 saturated heterocycles. The summed E-state index contributed by atoms with van der Waals surface area (Å²) in [6.45, 7) is 5.32. The monoisotopic (exact) mass is 415 g/mol. The molecule has 154 valence electrons. The first-order chi connectivity index (χ1) is 14.1. The van der Waals surface area contributed by atoms with Crippen molar-refractivity contribution in [2.75, 3.05) is 20.1 Å². The second-order valence-electron chi connectivity index (χ2n) is 6.88. The summed E-state index contributed by atoms with van der Waals surface area (Å²) >= 11 is 6.03. The molecular weight excluding hydrogens is 390 g/mol. The van der Waals surface area contributed by atoms with Crippen LogP contribution in [0.4, 0.5) is 0 Å². The Hall–Kier alpha value is -2.87. The largest absolute Gasteiger partial charge is 0.356 e. The van der Waals surface area contributed by atoms with Crippen molar-refractivity contribution >= 4 is 17.6 Å². The van der Waals surface area contributed by atoms with Crippen molar-refractivity contribution in [2.45, 2.75) is 32.2 Å². The van der Waals surface area contributed by atoms with Gasteiger partial charge in [-0.2, -0.15) is 10.1 Å². The molecule has 0 aliphatic carbocycles. The molecule has 1 atom stereocenters. The minimum absolute atomic E-state index is 0.00496. The number of aliphatic imine (C=N–C) groups is 1. The second-order valence-corrected chi connectivity index (χ2v) is 7.32. The van der Waals surface area contributed by atoms with Crippen molar-refractivity contribution in [2.24, 2.45) is 4.99 Å². The minimum atomic E-state index is 0.00496. The maximum Gasteiger partial charge on any atom is 0.228 e. The Kier molecular flexibility index (Phi) is 7.24. The SMILES string of the molecule is CN=C(NCCc1nc(C(C)C)no1)NCC(c1ccc(Cl)cc1)n1cccn1. The first-order valence-corrected chi connectivity index (χ1v) is 9.96. The van der Waals surface area contributed by atoms with Crippen LogP contribution in [0.2, 0.25) is 5.02 Å². The first kappa shape index (κ1) is 20.9. The van der Waals surface area contributed by atoms with Crippen LogP contribution >= 0.6 is 11.6 Å². The summed E-state index contributed by atoms with van der Waals surface area (Å²) in [5, 5.41) is 15.7. The molecule has 2 aromatic heterocycles. The topological polar surface area (TPSA) is 93.2 Å². The van der Waals surface area contributed by atoms with Gasteiger partial charge in [0.25, 0.3) is 0 Å². The summed E-state index contributed by atoms with van der Waals surface area (Å²) in [5.74, 6) is 2.29. The molecule has 2 heterocycles. The summed E-state index contributed by atoms with van der Waals surface area (Å²) in [5.41, 5.74) is 1.10. The van der Waals surface area contributed by atoms with Gasteiger partial charge in [0, 0.05) is 49.9 Å². The van der Waals surface area contributed by atoms with E-state index < -0.39 is 0 Å². The van der Waals surface area contributed by atoms with Gasteiger partial charge >= 0.3 is 0 Å². The molecule has 0 aliphatic rings. The Balaban J connectivity index is 1.56. The zero-order valence-electron chi connectivity index (χ0n) is 16.8. The van der Waals surface area contributed by atoms with Gasteiger partial charge in [0.05, 0.1) is 6.04 Å². The Bertz CT molecular complexity index is 903. The van der Waals surface area contributed by atoms with E-state index in [4.69, 9.17) is 16.1 Å². The molecule has 9 heteroatoms. The zero-order chi connectivity index (χ0) is 20.6. The number of guanidine groups is 1. The molecule has 0 fully saturated rings. The number of hydrogen-bond donors (Lipinski definition) is 2. The van der Waals surface area contributed by atoms with Crippen molar-refractivity contribution in [1.29, 1.82) is 0 Å². The fourth-order valence-corrected chi connectivity index (χ4v) is 2.95. The van der Waals surface area contributed by atoms with E-state index in [2.05, 4.69) is 30.9 Å². The van der Waals surface area contributed by atoms with Crippen molar-refractivity contribution in [1.82, 2.24) is 30.6 Å². The number of nitrogens with one attached hydrogen (secondary N) is 2. The molecule has 2 N–H and O–H groups in total. The maximum atomic E-state index is 6.03. The molecule has 0 spiro atoms. The van der Waals surface area contributed by atoms with Crippen LogP contribution in [0.25, 0.3) is 0 Å². The summed E-state index contributed by atoms with van der Waals surface area (Å²) < 4.78 is 7.18. The number of nitrogens with zero attached hydrogens (tertiary/aromatic N) is 5. The van der Waals surface area contributed by atoms with E-state index in [0.29, 0.717) is 36.4 Å². The lowest BCUT2D eigenvalue weighted by Gasteiger charge is -2.20. The second kappa shape index (κ2) is 10.1. The van der Waals surface area contributed by atoms with Gasteiger partial charge < -0.3 is 15.2 Å². The summed E-state index contributed by atoms with van der Waals surface area (Å²) in [6, 6.07) is 9.70. The highest BCUT2D eigenvalue weighted by atomic mass is 35.5. The van der Waals surface area contributed by atoms with Gasteiger partial charge in [-0.1, -0.05) is 42.7 Å². The molecular formula is C20H26ClN7O. The van der Waals surface area contributed by atoms with Crippen molar-refractivity contribution < 1.29 is 4.52 Å². The van der Waals surface area contributed by atoms with Gasteiger partial charge in [0.1, 0.15) is 0 Å². The number of rotatable bonds is 8. The number of halogens is 1. The lowest BCUT2D eigenvalue weighted by atomic mass is 10.1. The van der Waals surface area contributed by atoms with Gasteiger partial charge in [-0.25, -0.2) is 0 Å². The highest BCUT2D eigenvalue weighted by Gasteiger charge is 2.15. The Morgan fingerprint density at radius 1 is 1.24 bits per heavy atom. The lowest BCUT2D eigenvalue weighted by molar-refractivity contribution is 0.371. The van der Waals surface area contributed by atoms with Crippen LogP contribution in [0.1, 0.15) is 43.1 Å². The van der Waals surface area contributed by atoms with Crippen LogP contribution in [-0.2, 0) is 6.42 Å². The Labute approximate surface area is 175 Å². The third-order valence-corrected chi connectivity index (χ3v) is 4.67. The number of aromatic nitrogens is 4. The van der Waals surface area contributed by atoms with Crippen LogP contribution in [-0.4, -0.2) is 46.0 Å². The number of hydrogen-bond acceptors (Lipinski definition) is 5. The van der Waals surface area contributed by atoms with Crippen LogP contribution in [0.3, 0.4) is 0 Å². The molecule has 0 amide bonds. The molecule has 8 nitrogen and oxygen atoms in total. The van der Waals surface area contributed by atoms with Gasteiger partial charge in [-0.15, -0.1) is 0 Å². The number of benzene rings is 1. The first-order valence-electron chi connectivity index (χ1n) is 9.58. The standard InChI is InChI=1S/C20H26ClN7O/c1-14(2)19-26-18(29-27-19)9-11-23-20(22-3)24-13-17(28-12-4-10-25-28)15-5-7-16(21)8-6-15/h4-8,10,12,14,17H,9,11,13H2,1-3H3,(H2,22,23,24). The van der Waals surface area contributed by atoms with Gasteiger partial charge in [-0.3, -0.25) is 9.67 Å². The highest BCUT2D eigenvalue weighted by Crippen LogP contribution is 2.19. The van der Waals surface area contributed by atoms with Gasteiger partial charge in [-0.05, 0) is 23.8 Å².